The van der Waals surface area contributed by atoms with E-state index in [0.717, 1.165) is 0 Å². The quantitative estimate of drug-likeness (QED) is 0.759. The van der Waals surface area contributed by atoms with E-state index in [0.29, 0.717) is 20.9 Å². The van der Waals surface area contributed by atoms with Crippen molar-refractivity contribution in [3.8, 4) is 0 Å². The molecule has 0 amide bonds. The van der Waals surface area contributed by atoms with Crippen LogP contribution in [0.3, 0.4) is 0 Å². The summed E-state index contributed by atoms with van der Waals surface area (Å²) >= 11 is -1.57. The van der Waals surface area contributed by atoms with Crippen LogP contribution >= 0.6 is 0 Å². The number of rotatable bonds is 2. The normalized spacial score (nSPS) is 11.0. The Balaban J connectivity index is 2.51. The summed E-state index contributed by atoms with van der Waals surface area (Å²) in [7, 11) is 0. The van der Waals surface area contributed by atoms with Crippen LogP contribution in [-0.4, -0.2) is 4.55 Å². The van der Waals surface area contributed by atoms with Gasteiger partial charge in [0.1, 0.15) is 11.6 Å². The Morgan fingerprint density at radius 1 is 0.833 bits per heavy atom. The minimum atomic E-state index is -1.57. The molecule has 0 aromatic heterocycles. The number of hydrogen-bond donors (Lipinski definition) is 0. The smallest absolute Gasteiger partial charge is 0.164 e. The zero-order valence-electron chi connectivity index (χ0n) is 10.0. The fourth-order valence-electron chi connectivity index (χ4n) is 1.70. The van der Waals surface area contributed by atoms with E-state index in [1.165, 1.54) is 24.3 Å². The molecule has 94 valence electrons. The number of halogens is 2. The van der Waals surface area contributed by atoms with Gasteiger partial charge in [-0.15, -0.1) is 0 Å². The lowest BCUT2D eigenvalue weighted by atomic mass is 10.2. The van der Waals surface area contributed by atoms with Gasteiger partial charge in [-0.1, -0.05) is 12.1 Å². The van der Waals surface area contributed by atoms with E-state index in [4.69, 9.17) is 0 Å². The van der Waals surface area contributed by atoms with Crippen LogP contribution in [0.25, 0.3) is 0 Å². The molecule has 1 nitrogen and oxygen atoms in total. The van der Waals surface area contributed by atoms with Crippen LogP contribution < -0.4 is 0 Å². The average molecular weight is 266 g/mol. The minimum absolute atomic E-state index is 0.333. The molecule has 0 N–H and O–H groups in total. The molecule has 0 saturated heterocycles. The predicted octanol–water partition coefficient (Wildman–Crippen LogP) is 3.75. The van der Waals surface area contributed by atoms with Gasteiger partial charge >= 0.3 is 0 Å². The van der Waals surface area contributed by atoms with E-state index < -0.39 is 22.8 Å². The van der Waals surface area contributed by atoms with Crippen LogP contribution in [0, 0.1) is 25.5 Å². The highest BCUT2D eigenvalue weighted by Crippen LogP contribution is 2.28. The summed E-state index contributed by atoms with van der Waals surface area (Å²) in [4.78, 5) is 0.757. The molecular weight excluding hydrogens is 254 g/mol. The molecule has 0 unspecified atom stereocenters. The van der Waals surface area contributed by atoms with E-state index in [2.05, 4.69) is 0 Å². The second-order valence-electron chi connectivity index (χ2n) is 3.99. The fourth-order valence-corrected chi connectivity index (χ4v) is 3.09. The monoisotopic (exact) mass is 266 g/mol. The van der Waals surface area contributed by atoms with E-state index in [1.807, 2.05) is 0 Å². The minimum Gasteiger partial charge on any atom is -0.606 e. The second kappa shape index (κ2) is 5.08. The Morgan fingerprint density at radius 3 is 1.61 bits per heavy atom. The first-order valence-electron chi connectivity index (χ1n) is 5.44. The van der Waals surface area contributed by atoms with Gasteiger partial charge in [-0.3, -0.25) is 0 Å². The molecule has 0 aliphatic heterocycles. The van der Waals surface area contributed by atoms with Crippen molar-refractivity contribution in [3.05, 3.63) is 59.2 Å². The summed E-state index contributed by atoms with van der Waals surface area (Å²) in [5.41, 5.74) is 0.666. The summed E-state index contributed by atoms with van der Waals surface area (Å²) in [6.07, 6.45) is 0. The highest BCUT2D eigenvalue weighted by atomic mass is 32.2. The van der Waals surface area contributed by atoms with Crippen LogP contribution in [0.1, 0.15) is 11.1 Å². The number of hydrogen-bond acceptors (Lipinski definition) is 1. The van der Waals surface area contributed by atoms with Crippen LogP contribution in [0.15, 0.2) is 46.2 Å². The molecule has 2 rings (SSSR count). The Morgan fingerprint density at radius 2 is 1.22 bits per heavy atom. The van der Waals surface area contributed by atoms with Gasteiger partial charge < -0.3 is 4.55 Å². The third-order valence-corrected chi connectivity index (χ3v) is 4.52. The van der Waals surface area contributed by atoms with Gasteiger partial charge in [0.05, 0.1) is 0 Å². The highest BCUT2D eigenvalue weighted by molar-refractivity contribution is 7.91. The zero-order chi connectivity index (χ0) is 13.3. The van der Waals surface area contributed by atoms with E-state index >= 15 is 0 Å². The summed E-state index contributed by atoms with van der Waals surface area (Å²) < 4.78 is 39.2. The Kier molecular flexibility index (Phi) is 3.68. The van der Waals surface area contributed by atoms with Crippen LogP contribution in [-0.2, 0) is 11.2 Å². The summed E-state index contributed by atoms with van der Waals surface area (Å²) in [6, 6.07) is 8.83. The average Bonchev–Trinajstić information content (AvgIpc) is 2.35. The first kappa shape index (κ1) is 13.1. The van der Waals surface area contributed by atoms with Gasteiger partial charge in [-0.25, -0.2) is 8.78 Å². The molecule has 0 aliphatic carbocycles. The third-order valence-electron chi connectivity index (χ3n) is 2.84. The molecule has 18 heavy (non-hydrogen) atoms. The van der Waals surface area contributed by atoms with Gasteiger partial charge in [0.25, 0.3) is 0 Å². The number of benzene rings is 2. The highest BCUT2D eigenvalue weighted by Gasteiger charge is 2.22. The molecule has 0 heterocycles. The Labute approximate surface area is 108 Å². The van der Waals surface area contributed by atoms with Crippen molar-refractivity contribution in [2.45, 2.75) is 23.6 Å². The Hall–Kier alpha value is -1.39. The molecule has 0 saturated carbocycles. The molecule has 0 fully saturated rings. The molecule has 0 radical (unpaired) electrons. The van der Waals surface area contributed by atoms with E-state index in [1.54, 1.807) is 26.0 Å². The van der Waals surface area contributed by atoms with Crippen LogP contribution in [0.4, 0.5) is 8.78 Å². The van der Waals surface area contributed by atoms with Crippen LogP contribution in [0.2, 0.25) is 0 Å². The summed E-state index contributed by atoms with van der Waals surface area (Å²) in [6.45, 7) is 3.13. The van der Waals surface area contributed by atoms with Gasteiger partial charge in [-0.05, 0) is 38.1 Å². The van der Waals surface area contributed by atoms with E-state index in [9.17, 15) is 13.3 Å². The van der Waals surface area contributed by atoms with Crippen molar-refractivity contribution in [1.82, 2.24) is 0 Å². The molecular formula is C14H12F2OS. The van der Waals surface area contributed by atoms with Crippen LogP contribution in [0.5, 0.6) is 0 Å². The largest absolute Gasteiger partial charge is 0.606 e. The van der Waals surface area contributed by atoms with Crippen molar-refractivity contribution in [3.63, 3.8) is 0 Å². The summed E-state index contributed by atoms with van der Waals surface area (Å²) in [5.74, 6) is -0.815. The third kappa shape index (κ3) is 2.26. The standard InChI is InChI=1S/C14H12F2OS/c1-9-11(15)5-3-7-13(9)18(17)14-8-4-6-12(16)10(14)2/h3-8H,1-2H3. The first-order valence-corrected chi connectivity index (χ1v) is 6.59. The molecule has 0 spiro atoms. The van der Waals surface area contributed by atoms with Gasteiger partial charge in [0, 0.05) is 22.3 Å². The van der Waals surface area contributed by atoms with Crippen molar-refractivity contribution in [1.29, 1.82) is 0 Å². The molecule has 4 heteroatoms. The lowest BCUT2D eigenvalue weighted by Crippen LogP contribution is -2.08. The predicted molar refractivity (Wildman–Crippen MR) is 66.9 cm³/mol. The lowest BCUT2D eigenvalue weighted by molar-refractivity contribution is 0.580. The molecule has 2 aromatic rings. The molecule has 0 atom stereocenters. The van der Waals surface area contributed by atoms with Crippen molar-refractivity contribution in [2.75, 3.05) is 0 Å². The van der Waals surface area contributed by atoms with Gasteiger partial charge in [0.15, 0.2) is 9.79 Å². The first-order chi connectivity index (χ1) is 8.52. The topological polar surface area (TPSA) is 23.1 Å². The SMILES string of the molecule is Cc1c(F)cccc1[S+]([O-])c1cccc(F)c1C. The fraction of sp³-hybridized carbons (Fsp3) is 0.143. The second-order valence-corrected chi connectivity index (χ2v) is 5.41. The summed E-state index contributed by atoms with van der Waals surface area (Å²) in [5, 5.41) is 0. The maximum atomic E-state index is 13.4. The zero-order valence-corrected chi connectivity index (χ0v) is 10.9. The maximum absolute atomic E-state index is 13.4. The van der Waals surface area contributed by atoms with Crippen molar-refractivity contribution in [2.24, 2.45) is 0 Å². The molecule has 0 bridgehead atoms. The van der Waals surface area contributed by atoms with Crippen molar-refractivity contribution >= 4 is 11.2 Å². The molecule has 2 aromatic carbocycles. The van der Waals surface area contributed by atoms with Crippen molar-refractivity contribution < 1.29 is 13.3 Å². The Bertz CT molecular complexity index is 533. The maximum Gasteiger partial charge on any atom is 0.164 e. The lowest BCUT2D eigenvalue weighted by Gasteiger charge is -2.14. The van der Waals surface area contributed by atoms with Gasteiger partial charge in [0.2, 0.25) is 0 Å². The van der Waals surface area contributed by atoms with E-state index in [-0.39, 0.29) is 0 Å². The molecule has 0 aliphatic rings. The van der Waals surface area contributed by atoms with Gasteiger partial charge in [-0.2, -0.15) is 0 Å².